The second kappa shape index (κ2) is 5.35. The summed E-state index contributed by atoms with van der Waals surface area (Å²) in [5, 5.41) is 3.30. The summed E-state index contributed by atoms with van der Waals surface area (Å²) in [5.74, 6) is 1.04. The number of rotatable bonds is 0. The summed E-state index contributed by atoms with van der Waals surface area (Å²) < 4.78 is 2.20. The van der Waals surface area contributed by atoms with Gasteiger partial charge < -0.3 is 9.88 Å². The van der Waals surface area contributed by atoms with Crippen molar-refractivity contribution in [1.82, 2.24) is 9.55 Å². The average Bonchev–Trinajstić information content (AvgIpc) is 2.17. The first kappa shape index (κ1) is 12.6. The molecule has 0 fully saturated rings. The fourth-order valence-electron chi connectivity index (χ4n) is 1.47. The Kier molecular flexibility index (Phi) is 5.18. The molecule has 0 radical (unpaired) electrons. The molecule has 0 amide bonds. The monoisotopic (exact) mass is 223 g/mol. The molecule has 1 N–H and O–H groups in total. The van der Waals surface area contributed by atoms with Crippen molar-refractivity contribution in [1.29, 1.82) is 0 Å². The number of nitrogens with zero attached hydrogens (tertiary/aromatic N) is 2. The van der Waals surface area contributed by atoms with E-state index in [9.17, 15) is 0 Å². The van der Waals surface area contributed by atoms with E-state index in [0.717, 1.165) is 24.7 Å². The fraction of sp³-hybridized carbons (Fsp3) is 0.625. The largest absolute Gasteiger partial charge is 0.356 e. The summed E-state index contributed by atoms with van der Waals surface area (Å²) in [5.41, 5.74) is 1.11. The van der Waals surface area contributed by atoms with Crippen LogP contribution in [-0.4, -0.2) is 16.1 Å². The molecule has 3 nitrogen and oxygen atoms in total. The Bertz CT molecular complexity index is 236. The van der Waals surface area contributed by atoms with Crippen molar-refractivity contribution in [2.45, 2.75) is 26.3 Å². The molecule has 0 saturated carbocycles. The number of nitrogens with one attached hydrogen (secondary N) is 1. The van der Waals surface area contributed by atoms with Crippen LogP contribution in [0, 0.1) is 6.92 Å². The minimum Gasteiger partial charge on any atom is -0.356 e. The number of hydrogen-bond acceptors (Lipinski definition) is 2. The van der Waals surface area contributed by atoms with Crippen LogP contribution in [0.1, 0.15) is 18.5 Å². The van der Waals surface area contributed by atoms with Crippen LogP contribution >= 0.6 is 24.8 Å². The van der Waals surface area contributed by atoms with Crippen LogP contribution in [0.2, 0.25) is 0 Å². The van der Waals surface area contributed by atoms with Crippen LogP contribution in [0.3, 0.4) is 0 Å². The van der Waals surface area contributed by atoms with Crippen LogP contribution in [0.15, 0.2) is 6.20 Å². The second-order valence-corrected chi connectivity index (χ2v) is 3.03. The Balaban J connectivity index is 0.000000720. The maximum Gasteiger partial charge on any atom is 0.203 e. The van der Waals surface area contributed by atoms with Gasteiger partial charge in [0.15, 0.2) is 0 Å². The van der Waals surface area contributed by atoms with Crippen molar-refractivity contribution in [3.05, 3.63) is 11.9 Å². The van der Waals surface area contributed by atoms with Gasteiger partial charge in [0.25, 0.3) is 0 Å². The van der Waals surface area contributed by atoms with Gasteiger partial charge in [-0.3, -0.25) is 0 Å². The lowest BCUT2D eigenvalue weighted by atomic mass is 10.3. The number of aromatic nitrogens is 2. The van der Waals surface area contributed by atoms with Crippen molar-refractivity contribution in [3.63, 3.8) is 0 Å². The highest BCUT2D eigenvalue weighted by molar-refractivity contribution is 5.85. The van der Waals surface area contributed by atoms with E-state index in [2.05, 4.69) is 21.1 Å². The molecule has 0 saturated heterocycles. The van der Waals surface area contributed by atoms with Crippen molar-refractivity contribution >= 4 is 30.8 Å². The predicted octanol–water partition coefficient (Wildman–Crippen LogP) is 2.24. The summed E-state index contributed by atoms with van der Waals surface area (Å²) >= 11 is 0. The third kappa shape index (κ3) is 2.78. The molecule has 0 aromatic carbocycles. The van der Waals surface area contributed by atoms with E-state index >= 15 is 0 Å². The summed E-state index contributed by atoms with van der Waals surface area (Å²) in [6.07, 6.45) is 4.62. The molecule has 1 aliphatic rings. The molecule has 0 aliphatic carbocycles. The van der Waals surface area contributed by atoms with Crippen molar-refractivity contribution < 1.29 is 0 Å². The van der Waals surface area contributed by atoms with Crippen molar-refractivity contribution in [2.75, 3.05) is 11.9 Å². The molecule has 0 bridgehead atoms. The Labute approximate surface area is 90.7 Å². The Morgan fingerprint density at radius 2 is 2.15 bits per heavy atom. The molecule has 2 rings (SSSR count). The fourth-order valence-corrected chi connectivity index (χ4v) is 1.47. The minimum atomic E-state index is 0. The zero-order valence-electron chi connectivity index (χ0n) is 7.62. The molecule has 0 atom stereocenters. The summed E-state index contributed by atoms with van der Waals surface area (Å²) in [6, 6.07) is 0. The summed E-state index contributed by atoms with van der Waals surface area (Å²) in [4.78, 5) is 4.36. The maximum absolute atomic E-state index is 4.36. The first-order chi connectivity index (χ1) is 5.36. The Morgan fingerprint density at radius 3 is 2.92 bits per heavy atom. The van der Waals surface area contributed by atoms with E-state index in [1.165, 1.54) is 12.8 Å². The van der Waals surface area contributed by atoms with Crippen LogP contribution in [-0.2, 0) is 6.54 Å². The zero-order chi connectivity index (χ0) is 7.68. The van der Waals surface area contributed by atoms with Crippen LogP contribution in [0.4, 0.5) is 5.95 Å². The maximum atomic E-state index is 4.36. The van der Waals surface area contributed by atoms with Gasteiger partial charge in [-0.1, -0.05) is 0 Å². The molecule has 76 valence electrons. The van der Waals surface area contributed by atoms with Gasteiger partial charge in [-0.05, 0) is 19.8 Å². The quantitative estimate of drug-likeness (QED) is 0.732. The molecule has 5 heteroatoms. The van der Waals surface area contributed by atoms with Gasteiger partial charge in [-0.2, -0.15) is 0 Å². The lowest BCUT2D eigenvalue weighted by Gasteiger charge is -2.00. The van der Waals surface area contributed by atoms with Crippen LogP contribution in [0.5, 0.6) is 0 Å². The van der Waals surface area contributed by atoms with Gasteiger partial charge in [-0.15, -0.1) is 24.8 Å². The van der Waals surface area contributed by atoms with E-state index in [0.29, 0.717) is 0 Å². The molecule has 0 spiro atoms. The standard InChI is InChI=1S/C8H13N3.2ClH/c1-7-6-11-5-3-2-4-9-8(11)10-7;;/h6H,2-5H2,1H3,(H,9,10);2*1H. The third-order valence-electron chi connectivity index (χ3n) is 2.01. The van der Waals surface area contributed by atoms with Crippen LogP contribution < -0.4 is 5.32 Å². The lowest BCUT2D eigenvalue weighted by Crippen LogP contribution is -2.02. The van der Waals surface area contributed by atoms with E-state index in [1.807, 2.05) is 6.92 Å². The van der Waals surface area contributed by atoms with Crippen LogP contribution in [0.25, 0.3) is 0 Å². The summed E-state index contributed by atoms with van der Waals surface area (Å²) in [6.45, 7) is 4.21. The van der Waals surface area contributed by atoms with Gasteiger partial charge in [0.1, 0.15) is 0 Å². The number of aryl methyl sites for hydroxylation is 2. The minimum absolute atomic E-state index is 0. The highest BCUT2D eigenvalue weighted by Crippen LogP contribution is 2.12. The van der Waals surface area contributed by atoms with Gasteiger partial charge in [0.2, 0.25) is 5.95 Å². The number of fused-ring (bicyclic) bond motifs is 1. The van der Waals surface area contributed by atoms with Crippen molar-refractivity contribution in [2.24, 2.45) is 0 Å². The van der Waals surface area contributed by atoms with E-state index in [-0.39, 0.29) is 24.8 Å². The molecule has 1 aliphatic heterocycles. The number of hydrogen-bond donors (Lipinski definition) is 1. The van der Waals surface area contributed by atoms with Gasteiger partial charge in [0.05, 0.1) is 5.69 Å². The highest BCUT2D eigenvalue weighted by Gasteiger charge is 2.07. The predicted molar refractivity (Wildman–Crippen MR) is 59.2 cm³/mol. The SMILES string of the molecule is Cc1cn2c(n1)NCCCC2.Cl.Cl. The third-order valence-corrected chi connectivity index (χ3v) is 2.01. The highest BCUT2D eigenvalue weighted by atomic mass is 35.5. The summed E-state index contributed by atoms with van der Waals surface area (Å²) in [7, 11) is 0. The van der Waals surface area contributed by atoms with E-state index in [4.69, 9.17) is 0 Å². The molecule has 1 aromatic rings. The molecular weight excluding hydrogens is 209 g/mol. The van der Waals surface area contributed by atoms with E-state index < -0.39 is 0 Å². The lowest BCUT2D eigenvalue weighted by molar-refractivity contribution is 0.655. The van der Waals surface area contributed by atoms with Gasteiger partial charge in [-0.25, -0.2) is 4.98 Å². The molecule has 1 aromatic heterocycles. The smallest absolute Gasteiger partial charge is 0.203 e. The number of halogens is 2. The molecule has 13 heavy (non-hydrogen) atoms. The Hall–Kier alpha value is -0.410. The van der Waals surface area contributed by atoms with Gasteiger partial charge in [0, 0.05) is 19.3 Å². The zero-order valence-corrected chi connectivity index (χ0v) is 9.25. The topological polar surface area (TPSA) is 29.9 Å². The van der Waals surface area contributed by atoms with Gasteiger partial charge >= 0.3 is 0 Å². The number of imidazole rings is 1. The molecular formula is C8H15Cl2N3. The first-order valence-electron chi connectivity index (χ1n) is 4.14. The Morgan fingerprint density at radius 1 is 1.38 bits per heavy atom. The normalized spacial score (nSPS) is 14.2. The first-order valence-corrected chi connectivity index (χ1v) is 4.14. The number of anilines is 1. The van der Waals surface area contributed by atoms with Crippen molar-refractivity contribution in [3.8, 4) is 0 Å². The molecule has 2 heterocycles. The van der Waals surface area contributed by atoms with E-state index in [1.54, 1.807) is 0 Å². The second-order valence-electron chi connectivity index (χ2n) is 3.03. The average molecular weight is 224 g/mol. The molecule has 0 unspecified atom stereocenters.